The van der Waals surface area contributed by atoms with Gasteiger partial charge in [-0.1, -0.05) is 6.92 Å². The molecule has 0 bridgehead atoms. The van der Waals surface area contributed by atoms with Crippen LogP contribution in [0.3, 0.4) is 0 Å². The summed E-state index contributed by atoms with van der Waals surface area (Å²) in [6.07, 6.45) is 7.41. The van der Waals surface area contributed by atoms with Gasteiger partial charge in [-0.25, -0.2) is 4.98 Å². The fourth-order valence-corrected chi connectivity index (χ4v) is 3.62. The Balaban J connectivity index is 1.67. The van der Waals surface area contributed by atoms with E-state index in [1.165, 1.54) is 12.8 Å². The molecule has 2 aliphatic rings. The number of hydrogen-bond acceptors (Lipinski definition) is 4. The molecule has 1 amide bonds. The summed E-state index contributed by atoms with van der Waals surface area (Å²) in [6, 6.07) is 4.09. The van der Waals surface area contributed by atoms with Crippen molar-refractivity contribution in [3.8, 4) is 0 Å². The molecule has 0 aromatic carbocycles. The fourth-order valence-electron chi connectivity index (χ4n) is 3.62. The number of rotatable bonds is 3. The first-order chi connectivity index (χ1) is 11.2. The zero-order valence-electron chi connectivity index (χ0n) is 14.1. The largest absolute Gasteiger partial charge is 0.357 e. The number of nitrogens with two attached hydrogens (primary N) is 1. The molecule has 1 aromatic heterocycles. The normalized spacial score (nSPS) is 23.1. The van der Waals surface area contributed by atoms with E-state index in [1.54, 1.807) is 6.20 Å². The molecule has 5 heteroatoms. The number of piperidine rings is 2. The van der Waals surface area contributed by atoms with Crippen LogP contribution in [0.25, 0.3) is 0 Å². The molecule has 0 radical (unpaired) electrons. The number of nitrogens with zero attached hydrogens (tertiary/aromatic N) is 3. The van der Waals surface area contributed by atoms with Gasteiger partial charge in [0.25, 0.3) is 5.91 Å². The molecule has 1 aromatic rings. The number of hydrogen-bond donors (Lipinski definition) is 1. The van der Waals surface area contributed by atoms with Crippen molar-refractivity contribution in [3.63, 3.8) is 0 Å². The fraction of sp³-hybridized carbons (Fsp3) is 0.667. The molecule has 0 saturated carbocycles. The summed E-state index contributed by atoms with van der Waals surface area (Å²) in [5.41, 5.74) is 6.51. The van der Waals surface area contributed by atoms with Crippen molar-refractivity contribution in [2.24, 2.45) is 11.7 Å². The summed E-state index contributed by atoms with van der Waals surface area (Å²) in [5, 5.41) is 0. The van der Waals surface area contributed by atoms with Crippen molar-refractivity contribution in [1.29, 1.82) is 0 Å². The van der Waals surface area contributed by atoms with Gasteiger partial charge in [-0.3, -0.25) is 4.79 Å². The van der Waals surface area contributed by atoms with E-state index in [-0.39, 0.29) is 11.9 Å². The van der Waals surface area contributed by atoms with Gasteiger partial charge >= 0.3 is 0 Å². The van der Waals surface area contributed by atoms with Crippen LogP contribution in [-0.2, 0) is 0 Å². The maximum Gasteiger partial charge on any atom is 0.255 e. The van der Waals surface area contributed by atoms with E-state index >= 15 is 0 Å². The van der Waals surface area contributed by atoms with Crippen LogP contribution >= 0.6 is 0 Å². The number of aromatic nitrogens is 1. The number of carbonyl (C=O) groups excluding carboxylic acids is 1. The molecule has 5 nitrogen and oxygen atoms in total. The van der Waals surface area contributed by atoms with Crippen molar-refractivity contribution < 1.29 is 4.79 Å². The Labute approximate surface area is 138 Å². The van der Waals surface area contributed by atoms with Crippen molar-refractivity contribution in [2.45, 2.75) is 45.1 Å². The molecule has 3 rings (SSSR count). The summed E-state index contributed by atoms with van der Waals surface area (Å²) in [7, 11) is 0. The van der Waals surface area contributed by atoms with Gasteiger partial charge in [0.2, 0.25) is 0 Å². The monoisotopic (exact) mass is 316 g/mol. The third kappa shape index (κ3) is 3.66. The van der Waals surface area contributed by atoms with Crippen LogP contribution in [0, 0.1) is 5.92 Å². The molecule has 0 spiro atoms. The predicted octanol–water partition coefficient (Wildman–Crippen LogP) is 2.27. The Morgan fingerprint density at radius 3 is 2.65 bits per heavy atom. The Hall–Kier alpha value is -1.62. The molecule has 2 N–H and O–H groups in total. The lowest BCUT2D eigenvalue weighted by Gasteiger charge is -2.35. The quantitative estimate of drug-likeness (QED) is 0.929. The Bertz CT molecular complexity index is 522. The van der Waals surface area contributed by atoms with E-state index in [4.69, 9.17) is 5.73 Å². The number of anilines is 1. The molecule has 126 valence electrons. The first-order valence-electron chi connectivity index (χ1n) is 8.91. The van der Waals surface area contributed by atoms with Crippen LogP contribution in [0.1, 0.15) is 49.4 Å². The van der Waals surface area contributed by atoms with Gasteiger partial charge in [-0.15, -0.1) is 0 Å². The topological polar surface area (TPSA) is 62.5 Å². The summed E-state index contributed by atoms with van der Waals surface area (Å²) >= 11 is 0. The molecular weight excluding hydrogens is 288 g/mol. The molecule has 2 aliphatic heterocycles. The SMILES string of the molecule is CC1CCN(c2ccc(C(=O)N3CCCCC3CN)cn2)CC1. The van der Waals surface area contributed by atoms with E-state index in [0.29, 0.717) is 12.1 Å². The minimum absolute atomic E-state index is 0.0754. The minimum Gasteiger partial charge on any atom is -0.357 e. The second-order valence-corrected chi connectivity index (χ2v) is 6.96. The highest BCUT2D eigenvalue weighted by Gasteiger charge is 2.26. The molecule has 3 heterocycles. The number of amides is 1. The van der Waals surface area contributed by atoms with Crippen molar-refractivity contribution >= 4 is 11.7 Å². The van der Waals surface area contributed by atoms with Crippen molar-refractivity contribution in [1.82, 2.24) is 9.88 Å². The van der Waals surface area contributed by atoms with Gasteiger partial charge in [-0.2, -0.15) is 0 Å². The van der Waals surface area contributed by atoms with E-state index in [0.717, 1.165) is 50.6 Å². The molecule has 1 unspecified atom stereocenters. The summed E-state index contributed by atoms with van der Waals surface area (Å²) in [4.78, 5) is 21.5. The third-order valence-corrected chi connectivity index (χ3v) is 5.26. The average Bonchev–Trinajstić information content (AvgIpc) is 2.62. The molecule has 0 aliphatic carbocycles. The van der Waals surface area contributed by atoms with Crippen LogP contribution in [0.2, 0.25) is 0 Å². The van der Waals surface area contributed by atoms with E-state index in [2.05, 4.69) is 16.8 Å². The second-order valence-electron chi connectivity index (χ2n) is 6.96. The Morgan fingerprint density at radius 2 is 2.00 bits per heavy atom. The van der Waals surface area contributed by atoms with E-state index in [1.807, 2.05) is 17.0 Å². The lowest BCUT2D eigenvalue weighted by Crippen LogP contribution is -2.47. The van der Waals surface area contributed by atoms with Crippen molar-refractivity contribution in [2.75, 3.05) is 31.1 Å². The lowest BCUT2D eigenvalue weighted by molar-refractivity contribution is 0.0623. The van der Waals surface area contributed by atoms with Crippen LogP contribution in [0.5, 0.6) is 0 Å². The van der Waals surface area contributed by atoms with E-state index < -0.39 is 0 Å². The number of carbonyl (C=O) groups is 1. The van der Waals surface area contributed by atoms with Gasteiger partial charge in [0.05, 0.1) is 5.56 Å². The van der Waals surface area contributed by atoms with Crippen LogP contribution in [0.15, 0.2) is 18.3 Å². The zero-order valence-corrected chi connectivity index (χ0v) is 14.1. The van der Waals surface area contributed by atoms with Gasteiger partial charge in [-0.05, 0) is 50.2 Å². The molecule has 2 fully saturated rings. The van der Waals surface area contributed by atoms with Crippen LogP contribution < -0.4 is 10.6 Å². The zero-order chi connectivity index (χ0) is 16.2. The highest BCUT2D eigenvalue weighted by Crippen LogP contribution is 2.23. The molecule has 2 saturated heterocycles. The summed E-state index contributed by atoms with van der Waals surface area (Å²) < 4.78 is 0. The summed E-state index contributed by atoms with van der Waals surface area (Å²) in [5.74, 6) is 1.87. The highest BCUT2D eigenvalue weighted by molar-refractivity contribution is 5.94. The smallest absolute Gasteiger partial charge is 0.255 e. The molecule has 1 atom stereocenters. The van der Waals surface area contributed by atoms with Gasteiger partial charge < -0.3 is 15.5 Å². The van der Waals surface area contributed by atoms with Crippen molar-refractivity contribution in [3.05, 3.63) is 23.9 Å². The Kier molecular flexibility index (Phi) is 5.16. The van der Waals surface area contributed by atoms with Gasteiger partial charge in [0, 0.05) is 38.4 Å². The average molecular weight is 316 g/mol. The van der Waals surface area contributed by atoms with Gasteiger partial charge in [0.1, 0.15) is 5.82 Å². The molecule has 23 heavy (non-hydrogen) atoms. The van der Waals surface area contributed by atoms with E-state index in [9.17, 15) is 4.79 Å². The first-order valence-corrected chi connectivity index (χ1v) is 8.91. The number of pyridine rings is 1. The third-order valence-electron chi connectivity index (χ3n) is 5.26. The van der Waals surface area contributed by atoms with Crippen LogP contribution in [-0.4, -0.2) is 48.0 Å². The minimum atomic E-state index is 0.0754. The maximum absolute atomic E-state index is 12.7. The highest BCUT2D eigenvalue weighted by atomic mass is 16.2. The van der Waals surface area contributed by atoms with Crippen LogP contribution in [0.4, 0.5) is 5.82 Å². The summed E-state index contributed by atoms with van der Waals surface area (Å²) in [6.45, 7) is 5.78. The second kappa shape index (κ2) is 7.30. The first kappa shape index (κ1) is 16.2. The number of likely N-dealkylation sites (tertiary alicyclic amines) is 1. The standard InChI is InChI=1S/C18H28N4O/c1-14-7-10-21(11-8-14)17-6-5-15(13-20-17)18(23)22-9-3-2-4-16(22)12-19/h5-6,13-14,16H,2-4,7-12,19H2,1H3. The molecular formula is C18H28N4O. The van der Waals surface area contributed by atoms with Gasteiger partial charge in [0.15, 0.2) is 0 Å². The maximum atomic E-state index is 12.7. The lowest BCUT2D eigenvalue weighted by atomic mass is 9.99. The predicted molar refractivity (Wildman–Crippen MR) is 92.6 cm³/mol. The Morgan fingerprint density at radius 1 is 1.22 bits per heavy atom.